The summed E-state index contributed by atoms with van der Waals surface area (Å²) in [6.07, 6.45) is 5.28. The fraction of sp³-hybridized carbons (Fsp3) is 0.588. The molecule has 1 aliphatic rings. The van der Waals surface area contributed by atoms with Gasteiger partial charge in [0.15, 0.2) is 0 Å². The summed E-state index contributed by atoms with van der Waals surface area (Å²) < 4.78 is 39.8. The van der Waals surface area contributed by atoms with Crippen molar-refractivity contribution in [2.45, 2.75) is 45.1 Å². The molecule has 1 unspecified atom stereocenters. The van der Waals surface area contributed by atoms with Crippen molar-refractivity contribution >= 4 is 21.6 Å². The summed E-state index contributed by atoms with van der Waals surface area (Å²) >= 11 is 0. The van der Waals surface area contributed by atoms with Gasteiger partial charge in [-0.25, -0.2) is 12.8 Å². The van der Waals surface area contributed by atoms with Crippen molar-refractivity contribution in [3.63, 3.8) is 0 Å². The van der Waals surface area contributed by atoms with Crippen LogP contribution in [0.5, 0.6) is 0 Å². The van der Waals surface area contributed by atoms with Gasteiger partial charge in [-0.05, 0) is 31.4 Å². The summed E-state index contributed by atoms with van der Waals surface area (Å²) in [6.45, 7) is 3.01. The van der Waals surface area contributed by atoms with Crippen LogP contribution in [0.2, 0.25) is 0 Å². The van der Waals surface area contributed by atoms with E-state index in [4.69, 9.17) is 0 Å². The average Bonchev–Trinajstić information content (AvgIpc) is 2.81. The number of anilines is 1. The Morgan fingerprint density at radius 3 is 2.29 bits per heavy atom. The van der Waals surface area contributed by atoms with E-state index in [2.05, 4.69) is 0 Å². The molecule has 0 radical (unpaired) electrons. The first-order valence-corrected chi connectivity index (χ1v) is 10.2. The lowest BCUT2D eigenvalue weighted by atomic mass is 10.1. The van der Waals surface area contributed by atoms with Gasteiger partial charge < -0.3 is 4.90 Å². The number of nitrogens with zero attached hydrogens (tertiary/aromatic N) is 2. The minimum atomic E-state index is -3.80. The molecule has 1 amide bonds. The second-order valence-corrected chi connectivity index (χ2v) is 8.03. The van der Waals surface area contributed by atoms with E-state index in [1.165, 1.54) is 18.2 Å². The lowest BCUT2D eigenvalue weighted by molar-refractivity contribution is -0.132. The number of carbonyl (C=O) groups excluding carboxylic acids is 1. The normalized spacial score (nSPS) is 17.2. The van der Waals surface area contributed by atoms with Gasteiger partial charge in [-0.3, -0.25) is 9.10 Å². The molecule has 1 fully saturated rings. The van der Waals surface area contributed by atoms with Gasteiger partial charge in [-0.1, -0.05) is 31.9 Å². The first-order chi connectivity index (χ1) is 11.4. The molecule has 2 rings (SSSR count). The van der Waals surface area contributed by atoms with Crippen molar-refractivity contribution in [3.05, 3.63) is 30.1 Å². The van der Waals surface area contributed by atoms with E-state index in [0.717, 1.165) is 36.2 Å². The lowest BCUT2D eigenvalue weighted by Gasteiger charge is -2.34. The second kappa shape index (κ2) is 7.96. The molecule has 1 heterocycles. The zero-order valence-corrected chi connectivity index (χ0v) is 15.1. The summed E-state index contributed by atoms with van der Waals surface area (Å²) in [4.78, 5) is 14.7. The van der Waals surface area contributed by atoms with Crippen molar-refractivity contribution in [1.29, 1.82) is 0 Å². The Morgan fingerprint density at radius 1 is 1.21 bits per heavy atom. The van der Waals surface area contributed by atoms with Crippen molar-refractivity contribution in [2.75, 3.05) is 23.7 Å². The Hall–Kier alpha value is -1.63. The van der Waals surface area contributed by atoms with Crippen LogP contribution in [0.25, 0.3) is 0 Å². The molecule has 1 aromatic rings. The Balaban J connectivity index is 2.39. The van der Waals surface area contributed by atoms with E-state index in [1.54, 1.807) is 17.9 Å². The molecule has 134 valence electrons. The minimum Gasteiger partial charge on any atom is -0.341 e. The van der Waals surface area contributed by atoms with Crippen LogP contribution >= 0.6 is 0 Å². The maximum absolute atomic E-state index is 14.2. The van der Waals surface area contributed by atoms with Crippen molar-refractivity contribution in [2.24, 2.45) is 0 Å². The topological polar surface area (TPSA) is 57.7 Å². The largest absolute Gasteiger partial charge is 0.341 e. The fourth-order valence-corrected chi connectivity index (χ4v) is 4.36. The third-order valence-electron chi connectivity index (χ3n) is 4.32. The molecule has 24 heavy (non-hydrogen) atoms. The molecular weight excluding hydrogens is 331 g/mol. The van der Waals surface area contributed by atoms with Gasteiger partial charge in [0.05, 0.1) is 11.9 Å². The average molecular weight is 356 g/mol. The van der Waals surface area contributed by atoms with E-state index in [9.17, 15) is 17.6 Å². The van der Waals surface area contributed by atoms with Crippen LogP contribution in [-0.2, 0) is 14.8 Å². The highest BCUT2D eigenvalue weighted by Gasteiger charge is 2.35. The number of sulfonamides is 1. The van der Waals surface area contributed by atoms with Crippen LogP contribution < -0.4 is 4.31 Å². The van der Waals surface area contributed by atoms with Crippen LogP contribution in [0, 0.1) is 5.82 Å². The first kappa shape index (κ1) is 18.7. The quantitative estimate of drug-likeness (QED) is 0.815. The summed E-state index contributed by atoms with van der Waals surface area (Å²) in [5.74, 6) is -0.891. The molecule has 7 heteroatoms. The van der Waals surface area contributed by atoms with Crippen LogP contribution in [0.1, 0.15) is 39.0 Å². The molecule has 1 atom stereocenters. The maximum atomic E-state index is 14.2. The molecule has 0 N–H and O–H groups in total. The van der Waals surface area contributed by atoms with Gasteiger partial charge in [-0.15, -0.1) is 0 Å². The van der Waals surface area contributed by atoms with Crippen molar-refractivity contribution in [1.82, 2.24) is 4.90 Å². The smallest absolute Gasteiger partial charge is 0.246 e. The molecule has 1 aromatic carbocycles. The molecule has 1 saturated heterocycles. The minimum absolute atomic E-state index is 0.0741. The van der Waals surface area contributed by atoms with E-state index in [-0.39, 0.29) is 18.0 Å². The SMILES string of the molecule is CCC(C(=O)N1CCCCCC1)N(c1ccccc1F)S(C)(=O)=O. The van der Waals surface area contributed by atoms with Crippen LogP contribution in [-0.4, -0.2) is 44.6 Å². The van der Waals surface area contributed by atoms with Crippen LogP contribution in [0.15, 0.2) is 24.3 Å². The molecule has 1 aliphatic heterocycles. The highest BCUT2D eigenvalue weighted by molar-refractivity contribution is 7.92. The second-order valence-electron chi connectivity index (χ2n) is 6.17. The van der Waals surface area contributed by atoms with Crippen molar-refractivity contribution in [3.8, 4) is 0 Å². The molecule has 0 aromatic heterocycles. The van der Waals surface area contributed by atoms with Gasteiger partial charge in [0.25, 0.3) is 0 Å². The van der Waals surface area contributed by atoms with Crippen LogP contribution in [0.3, 0.4) is 0 Å². The number of amides is 1. The van der Waals surface area contributed by atoms with E-state index in [0.29, 0.717) is 13.1 Å². The van der Waals surface area contributed by atoms with Gasteiger partial charge in [0.2, 0.25) is 15.9 Å². The highest BCUT2D eigenvalue weighted by Crippen LogP contribution is 2.26. The summed E-state index contributed by atoms with van der Waals surface area (Å²) in [5.41, 5.74) is -0.0741. The van der Waals surface area contributed by atoms with Crippen LogP contribution in [0.4, 0.5) is 10.1 Å². The molecule has 0 spiro atoms. The molecule has 0 bridgehead atoms. The van der Waals surface area contributed by atoms with Gasteiger partial charge in [-0.2, -0.15) is 0 Å². The third-order valence-corrected chi connectivity index (χ3v) is 5.49. The number of benzene rings is 1. The van der Waals surface area contributed by atoms with Crippen molar-refractivity contribution < 1.29 is 17.6 Å². The molecule has 0 saturated carbocycles. The number of hydrogen-bond acceptors (Lipinski definition) is 3. The number of carbonyl (C=O) groups is 1. The fourth-order valence-electron chi connectivity index (χ4n) is 3.15. The number of rotatable bonds is 5. The van der Waals surface area contributed by atoms with E-state index < -0.39 is 21.9 Å². The summed E-state index contributed by atoms with van der Waals surface area (Å²) in [5, 5.41) is 0. The standard InChI is InChI=1S/C17H25FN2O3S/c1-3-15(17(21)19-12-8-4-5-9-13-19)20(24(2,22)23)16-11-7-6-10-14(16)18/h6-7,10-11,15H,3-5,8-9,12-13H2,1-2H3. The monoisotopic (exact) mass is 356 g/mol. The molecular formula is C17H25FN2O3S. The molecule has 5 nitrogen and oxygen atoms in total. The lowest BCUT2D eigenvalue weighted by Crippen LogP contribution is -2.51. The highest BCUT2D eigenvalue weighted by atomic mass is 32.2. The number of para-hydroxylation sites is 1. The summed E-state index contributed by atoms with van der Waals surface area (Å²) in [6, 6.07) is 4.75. The third kappa shape index (κ3) is 4.26. The zero-order chi connectivity index (χ0) is 17.7. The Kier molecular flexibility index (Phi) is 6.21. The number of halogens is 1. The predicted molar refractivity (Wildman–Crippen MR) is 92.8 cm³/mol. The zero-order valence-electron chi connectivity index (χ0n) is 14.2. The van der Waals surface area contributed by atoms with Gasteiger partial charge >= 0.3 is 0 Å². The van der Waals surface area contributed by atoms with E-state index >= 15 is 0 Å². The number of hydrogen-bond donors (Lipinski definition) is 0. The summed E-state index contributed by atoms with van der Waals surface area (Å²) in [7, 11) is -3.80. The molecule has 0 aliphatic carbocycles. The van der Waals surface area contributed by atoms with Gasteiger partial charge in [0, 0.05) is 13.1 Å². The maximum Gasteiger partial charge on any atom is 0.246 e. The Bertz CT molecular complexity index is 670. The predicted octanol–water partition coefficient (Wildman–Crippen LogP) is 2.77. The Labute approximate surface area is 143 Å². The first-order valence-electron chi connectivity index (χ1n) is 8.39. The Morgan fingerprint density at radius 2 is 1.79 bits per heavy atom. The van der Waals surface area contributed by atoms with E-state index in [1.807, 2.05) is 0 Å². The van der Waals surface area contributed by atoms with Gasteiger partial charge in [0.1, 0.15) is 11.9 Å². The number of likely N-dealkylation sites (tertiary alicyclic amines) is 1.